The highest BCUT2D eigenvalue weighted by atomic mass is 16.5. The summed E-state index contributed by atoms with van der Waals surface area (Å²) >= 11 is 0. The molecule has 1 N–H and O–H groups in total. The van der Waals surface area contributed by atoms with Crippen molar-refractivity contribution >= 4 is 11.8 Å². The van der Waals surface area contributed by atoms with E-state index >= 15 is 0 Å². The highest BCUT2D eigenvalue weighted by Crippen LogP contribution is 2.17. The van der Waals surface area contributed by atoms with Crippen LogP contribution in [0.25, 0.3) is 0 Å². The number of rotatable bonds is 7. The summed E-state index contributed by atoms with van der Waals surface area (Å²) in [6.45, 7) is 5.78. The van der Waals surface area contributed by atoms with Gasteiger partial charge in [-0.2, -0.15) is 0 Å². The van der Waals surface area contributed by atoms with Crippen molar-refractivity contribution < 1.29 is 18.8 Å². The van der Waals surface area contributed by atoms with Crippen molar-refractivity contribution in [3.8, 4) is 0 Å². The SMILES string of the molecule is COCC(=O)N1CCC[C@H](C(=O)NCc2cc(CC(C)C)on2)C1. The first kappa shape index (κ1) is 18.4. The van der Waals surface area contributed by atoms with Crippen LogP contribution in [-0.4, -0.2) is 48.7 Å². The molecule has 0 aliphatic carbocycles. The zero-order chi connectivity index (χ0) is 17.5. The van der Waals surface area contributed by atoms with Gasteiger partial charge in [-0.25, -0.2) is 0 Å². The number of amides is 2. The molecule has 1 aliphatic heterocycles. The van der Waals surface area contributed by atoms with Gasteiger partial charge >= 0.3 is 0 Å². The molecule has 0 radical (unpaired) electrons. The summed E-state index contributed by atoms with van der Waals surface area (Å²) in [6, 6.07) is 1.88. The summed E-state index contributed by atoms with van der Waals surface area (Å²) in [5.41, 5.74) is 0.724. The number of carbonyl (C=O) groups excluding carboxylic acids is 2. The third kappa shape index (κ3) is 5.33. The lowest BCUT2D eigenvalue weighted by Gasteiger charge is -2.31. The Hall–Kier alpha value is -1.89. The van der Waals surface area contributed by atoms with Gasteiger partial charge in [0.05, 0.1) is 12.5 Å². The molecule has 0 spiro atoms. The molecular weight excluding hydrogens is 310 g/mol. The van der Waals surface area contributed by atoms with Gasteiger partial charge in [0, 0.05) is 32.7 Å². The van der Waals surface area contributed by atoms with Crippen LogP contribution in [0.2, 0.25) is 0 Å². The van der Waals surface area contributed by atoms with Crippen LogP contribution in [0.15, 0.2) is 10.6 Å². The van der Waals surface area contributed by atoms with Gasteiger partial charge in [-0.1, -0.05) is 19.0 Å². The number of piperidine rings is 1. The lowest BCUT2D eigenvalue weighted by Crippen LogP contribution is -2.46. The Morgan fingerprint density at radius 3 is 3.00 bits per heavy atom. The standard InChI is InChI=1S/C17H27N3O4/c1-12(2)7-15-8-14(19-24-15)9-18-17(22)13-5-4-6-20(10-13)16(21)11-23-3/h8,12-13H,4-7,9-11H2,1-3H3,(H,18,22)/t13-/m0/s1. The predicted octanol–water partition coefficient (Wildman–Crippen LogP) is 1.37. The van der Waals surface area contributed by atoms with Gasteiger partial charge in [-0.05, 0) is 18.8 Å². The molecule has 0 saturated carbocycles. The molecule has 7 nitrogen and oxygen atoms in total. The van der Waals surface area contributed by atoms with E-state index in [0.29, 0.717) is 25.6 Å². The predicted molar refractivity (Wildman–Crippen MR) is 88.1 cm³/mol. The first-order valence-electron chi connectivity index (χ1n) is 8.48. The van der Waals surface area contributed by atoms with Crippen LogP contribution >= 0.6 is 0 Å². The maximum Gasteiger partial charge on any atom is 0.248 e. The molecule has 0 unspecified atom stereocenters. The Kier molecular flexibility index (Phi) is 6.78. The number of ether oxygens (including phenoxy) is 1. The Morgan fingerprint density at radius 2 is 2.29 bits per heavy atom. The summed E-state index contributed by atoms with van der Waals surface area (Å²) in [5, 5.41) is 6.88. The van der Waals surface area contributed by atoms with Gasteiger partial charge in [-0.15, -0.1) is 0 Å². The number of likely N-dealkylation sites (tertiary alicyclic amines) is 1. The van der Waals surface area contributed by atoms with Crippen LogP contribution in [0.3, 0.4) is 0 Å². The molecule has 24 heavy (non-hydrogen) atoms. The minimum absolute atomic E-state index is 0.0432. The summed E-state index contributed by atoms with van der Waals surface area (Å²) in [4.78, 5) is 25.9. The lowest BCUT2D eigenvalue weighted by atomic mass is 9.97. The molecule has 1 aromatic heterocycles. The van der Waals surface area contributed by atoms with Gasteiger partial charge < -0.3 is 19.5 Å². The molecule has 1 fully saturated rings. The topological polar surface area (TPSA) is 84.7 Å². The molecule has 7 heteroatoms. The Morgan fingerprint density at radius 1 is 1.50 bits per heavy atom. The second kappa shape index (κ2) is 8.82. The second-order valence-corrected chi connectivity index (χ2v) is 6.71. The third-order valence-electron chi connectivity index (χ3n) is 4.07. The Labute approximate surface area is 142 Å². The fourth-order valence-electron chi connectivity index (χ4n) is 2.89. The van der Waals surface area contributed by atoms with Crippen LogP contribution in [0, 0.1) is 11.8 Å². The maximum atomic E-state index is 12.3. The van der Waals surface area contributed by atoms with Crippen LogP contribution in [0.5, 0.6) is 0 Å². The first-order valence-corrected chi connectivity index (χ1v) is 8.48. The normalized spacial score (nSPS) is 18.0. The van der Waals surface area contributed by atoms with E-state index < -0.39 is 0 Å². The average molecular weight is 337 g/mol. The highest BCUT2D eigenvalue weighted by molar-refractivity contribution is 5.81. The molecule has 2 amide bonds. The van der Waals surface area contributed by atoms with Gasteiger partial charge in [0.15, 0.2) is 0 Å². The van der Waals surface area contributed by atoms with E-state index in [-0.39, 0.29) is 24.3 Å². The van der Waals surface area contributed by atoms with Crippen molar-refractivity contribution in [2.75, 3.05) is 26.8 Å². The number of hydrogen-bond donors (Lipinski definition) is 1. The quantitative estimate of drug-likeness (QED) is 0.812. The molecule has 2 rings (SSSR count). The van der Waals surface area contributed by atoms with Crippen LogP contribution in [0.4, 0.5) is 0 Å². The molecule has 1 saturated heterocycles. The molecule has 134 valence electrons. The van der Waals surface area contributed by atoms with Gasteiger partial charge in [0.25, 0.3) is 0 Å². The number of aromatic nitrogens is 1. The van der Waals surface area contributed by atoms with Crippen LogP contribution in [-0.2, 0) is 27.3 Å². The minimum Gasteiger partial charge on any atom is -0.375 e. The van der Waals surface area contributed by atoms with Crippen molar-refractivity contribution in [1.29, 1.82) is 0 Å². The molecule has 1 aromatic rings. The second-order valence-electron chi connectivity index (χ2n) is 6.71. The van der Waals surface area contributed by atoms with Crippen LogP contribution < -0.4 is 5.32 Å². The fourth-order valence-corrected chi connectivity index (χ4v) is 2.89. The van der Waals surface area contributed by atoms with E-state index in [2.05, 4.69) is 24.3 Å². The molecule has 0 bridgehead atoms. The van der Waals surface area contributed by atoms with Crippen molar-refractivity contribution in [3.63, 3.8) is 0 Å². The van der Waals surface area contributed by atoms with E-state index in [1.807, 2.05) is 6.07 Å². The maximum absolute atomic E-state index is 12.3. The summed E-state index contributed by atoms with van der Waals surface area (Å²) in [5.74, 6) is 1.05. The largest absolute Gasteiger partial charge is 0.375 e. The van der Waals surface area contributed by atoms with Crippen molar-refractivity contribution in [2.45, 2.75) is 39.7 Å². The zero-order valence-electron chi connectivity index (χ0n) is 14.7. The number of hydrogen-bond acceptors (Lipinski definition) is 5. The molecular formula is C17H27N3O4. The number of nitrogens with zero attached hydrogens (tertiary/aromatic N) is 2. The van der Waals surface area contributed by atoms with E-state index in [1.54, 1.807) is 4.90 Å². The molecule has 1 atom stereocenters. The summed E-state index contributed by atoms with van der Waals surface area (Å²) < 4.78 is 10.1. The zero-order valence-corrected chi connectivity index (χ0v) is 14.7. The van der Waals surface area contributed by atoms with E-state index in [4.69, 9.17) is 9.26 Å². The highest BCUT2D eigenvalue weighted by Gasteiger charge is 2.28. The average Bonchev–Trinajstić information content (AvgIpc) is 2.99. The van der Waals surface area contributed by atoms with Crippen molar-refractivity contribution in [2.24, 2.45) is 11.8 Å². The Bertz CT molecular complexity index is 556. The minimum atomic E-state index is -0.179. The van der Waals surface area contributed by atoms with E-state index in [9.17, 15) is 9.59 Å². The van der Waals surface area contributed by atoms with Gasteiger partial charge in [-0.3, -0.25) is 9.59 Å². The van der Waals surface area contributed by atoms with E-state index in [0.717, 1.165) is 30.7 Å². The first-order chi connectivity index (χ1) is 11.5. The summed E-state index contributed by atoms with van der Waals surface area (Å²) in [6.07, 6.45) is 2.45. The molecule has 0 aromatic carbocycles. The van der Waals surface area contributed by atoms with Crippen molar-refractivity contribution in [1.82, 2.24) is 15.4 Å². The Balaban J connectivity index is 1.81. The van der Waals surface area contributed by atoms with Gasteiger partial charge in [0.1, 0.15) is 18.1 Å². The number of carbonyl (C=O) groups is 2. The molecule has 2 heterocycles. The molecule has 1 aliphatic rings. The fraction of sp³-hybridized carbons (Fsp3) is 0.706. The van der Waals surface area contributed by atoms with E-state index in [1.165, 1.54) is 7.11 Å². The van der Waals surface area contributed by atoms with Crippen molar-refractivity contribution in [3.05, 3.63) is 17.5 Å². The lowest BCUT2D eigenvalue weighted by molar-refractivity contribution is -0.139. The monoisotopic (exact) mass is 337 g/mol. The third-order valence-corrected chi connectivity index (χ3v) is 4.07. The smallest absolute Gasteiger partial charge is 0.248 e. The van der Waals surface area contributed by atoms with Crippen LogP contribution in [0.1, 0.15) is 38.1 Å². The number of methoxy groups -OCH3 is 1. The number of nitrogens with one attached hydrogen (secondary N) is 1. The summed E-state index contributed by atoms with van der Waals surface area (Å²) in [7, 11) is 1.50. The van der Waals surface area contributed by atoms with Gasteiger partial charge in [0.2, 0.25) is 11.8 Å².